The van der Waals surface area contributed by atoms with Crippen LogP contribution in [0.1, 0.15) is 35.7 Å². The van der Waals surface area contributed by atoms with Gasteiger partial charge in [0.2, 0.25) is 0 Å². The SMILES string of the molecule is CCCCOc1cccc2c1-c1c(OCCN3CCOCC3)cccc1C2=O. The lowest BCUT2D eigenvalue weighted by molar-refractivity contribution is 0.0323. The summed E-state index contributed by atoms with van der Waals surface area (Å²) in [6, 6.07) is 11.4. The predicted molar refractivity (Wildman–Crippen MR) is 108 cm³/mol. The fourth-order valence-corrected chi connectivity index (χ4v) is 3.78. The van der Waals surface area contributed by atoms with Gasteiger partial charge in [-0.1, -0.05) is 37.6 Å². The van der Waals surface area contributed by atoms with Gasteiger partial charge in [-0.2, -0.15) is 0 Å². The quantitative estimate of drug-likeness (QED) is 0.556. The van der Waals surface area contributed by atoms with Crippen LogP contribution in [0, 0.1) is 0 Å². The van der Waals surface area contributed by atoms with E-state index < -0.39 is 0 Å². The third kappa shape index (κ3) is 3.77. The van der Waals surface area contributed by atoms with Gasteiger partial charge in [0.1, 0.15) is 18.1 Å². The number of fused-ring (bicyclic) bond motifs is 3. The summed E-state index contributed by atoms with van der Waals surface area (Å²) >= 11 is 0. The fraction of sp³-hybridized carbons (Fsp3) is 0.435. The summed E-state index contributed by atoms with van der Waals surface area (Å²) in [6.45, 7) is 7.65. The average Bonchev–Trinajstić information content (AvgIpc) is 3.03. The molecule has 2 aromatic rings. The molecule has 0 N–H and O–H groups in total. The minimum Gasteiger partial charge on any atom is -0.493 e. The molecule has 0 unspecified atom stereocenters. The molecule has 5 heteroatoms. The Hall–Kier alpha value is -2.37. The summed E-state index contributed by atoms with van der Waals surface area (Å²) in [4.78, 5) is 15.2. The van der Waals surface area contributed by atoms with Gasteiger partial charge in [0, 0.05) is 41.9 Å². The zero-order valence-electron chi connectivity index (χ0n) is 16.4. The van der Waals surface area contributed by atoms with E-state index in [1.807, 2.05) is 36.4 Å². The largest absolute Gasteiger partial charge is 0.493 e. The number of ketones is 1. The molecule has 1 saturated heterocycles. The molecule has 5 nitrogen and oxygen atoms in total. The molecule has 2 aromatic carbocycles. The summed E-state index contributed by atoms with van der Waals surface area (Å²) in [7, 11) is 0. The van der Waals surface area contributed by atoms with Crippen LogP contribution in [0.2, 0.25) is 0 Å². The van der Waals surface area contributed by atoms with Gasteiger partial charge in [-0.15, -0.1) is 0 Å². The van der Waals surface area contributed by atoms with Crippen molar-refractivity contribution < 1.29 is 19.0 Å². The first kappa shape index (κ1) is 19.0. The zero-order valence-corrected chi connectivity index (χ0v) is 16.4. The molecule has 2 aliphatic rings. The van der Waals surface area contributed by atoms with Crippen molar-refractivity contribution in [3.05, 3.63) is 47.5 Å². The van der Waals surface area contributed by atoms with E-state index in [1.165, 1.54) is 0 Å². The van der Waals surface area contributed by atoms with E-state index in [0.29, 0.717) is 24.3 Å². The molecule has 1 aliphatic carbocycles. The van der Waals surface area contributed by atoms with Gasteiger partial charge in [-0.05, 0) is 18.6 Å². The first-order valence-electron chi connectivity index (χ1n) is 10.2. The lowest BCUT2D eigenvalue weighted by atomic mass is 10.0. The monoisotopic (exact) mass is 381 g/mol. The molecule has 0 bridgehead atoms. The second-order valence-electron chi connectivity index (χ2n) is 7.19. The molecule has 1 fully saturated rings. The van der Waals surface area contributed by atoms with Crippen molar-refractivity contribution in [2.24, 2.45) is 0 Å². The topological polar surface area (TPSA) is 48.0 Å². The summed E-state index contributed by atoms with van der Waals surface area (Å²) in [6.07, 6.45) is 2.06. The molecule has 0 aromatic heterocycles. The number of rotatable bonds is 8. The Balaban J connectivity index is 1.57. The van der Waals surface area contributed by atoms with Crippen LogP contribution in [-0.4, -0.2) is 56.7 Å². The van der Waals surface area contributed by atoms with Crippen LogP contribution in [0.15, 0.2) is 36.4 Å². The van der Waals surface area contributed by atoms with Crippen molar-refractivity contribution in [1.29, 1.82) is 0 Å². The highest BCUT2D eigenvalue weighted by molar-refractivity contribution is 6.23. The number of benzene rings is 2. The molecule has 4 rings (SSSR count). The molecule has 0 amide bonds. The van der Waals surface area contributed by atoms with Crippen LogP contribution in [-0.2, 0) is 4.74 Å². The maximum Gasteiger partial charge on any atom is 0.194 e. The van der Waals surface area contributed by atoms with Gasteiger partial charge in [-0.3, -0.25) is 9.69 Å². The van der Waals surface area contributed by atoms with E-state index in [2.05, 4.69) is 11.8 Å². The molecule has 0 saturated carbocycles. The molecular formula is C23H27NO4. The van der Waals surface area contributed by atoms with Crippen molar-refractivity contribution in [1.82, 2.24) is 4.90 Å². The Kier molecular flexibility index (Phi) is 5.93. The highest BCUT2D eigenvalue weighted by atomic mass is 16.5. The molecule has 1 aliphatic heterocycles. The van der Waals surface area contributed by atoms with Gasteiger partial charge in [0.15, 0.2) is 5.78 Å². The van der Waals surface area contributed by atoms with Gasteiger partial charge in [0.25, 0.3) is 0 Å². The normalized spacial score (nSPS) is 16.0. The van der Waals surface area contributed by atoms with Gasteiger partial charge >= 0.3 is 0 Å². The first-order chi connectivity index (χ1) is 13.8. The van der Waals surface area contributed by atoms with E-state index in [9.17, 15) is 4.79 Å². The Morgan fingerprint density at radius 2 is 1.54 bits per heavy atom. The standard InChI is InChI=1S/C23H27NO4/c1-2-3-13-27-19-8-4-6-17-21(19)22-18(23(17)25)7-5-9-20(22)28-16-12-24-10-14-26-15-11-24/h4-9H,2-3,10-16H2,1H3. The predicted octanol–water partition coefficient (Wildman–Crippen LogP) is 3.79. The van der Waals surface area contributed by atoms with Crippen molar-refractivity contribution in [2.75, 3.05) is 46.1 Å². The van der Waals surface area contributed by atoms with E-state index in [1.54, 1.807) is 0 Å². The number of unbranched alkanes of at least 4 members (excludes halogenated alkanes) is 1. The molecule has 0 atom stereocenters. The summed E-state index contributed by atoms with van der Waals surface area (Å²) in [5.74, 6) is 1.57. The minimum absolute atomic E-state index is 0.0459. The summed E-state index contributed by atoms with van der Waals surface area (Å²) in [5, 5.41) is 0. The smallest absolute Gasteiger partial charge is 0.194 e. The second-order valence-corrected chi connectivity index (χ2v) is 7.19. The maximum absolute atomic E-state index is 12.9. The first-order valence-corrected chi connectivity index (χ1v) is 10.2. The van der Waals surface area contributed by atoms with Crippen molar-refractivity contribution in [3.63, 3.8) is 0 Å². The van der Waals surface area contributed by atoms with E-state index in [4.69, 9.17) is 14.2 Å². The Bertz CT molecular complexity index is 842. The van der Waals surface area contributed by atoms with Gasteiger partial charge in [-0.25, -0.2) is 0 Å². The number of ether oxygens (including phenoxy) is 3. The highest BCUT2D eigenvalue weighted by Gasteiger charge is 2.32. The second kappa shape index (κ2) is 8.76. The number of carbonyl (C=O) groups is 1. The van der Waals surface area contributed by atoms with Gasteiger partial charge in [0.05, 0.1) is 19.8 Å². The van der Waals surface area contributed by atoms with Crippen molar-refractivity contribution >= 4 is 5.78 Å². The van der Waals surface area contributed by atoms with Crippen LogP contribution < -0.4 is 9.47 Å². The molecule has 0 radical (unpaired) electrons. The third-order valence-electron chi connectivity index (χ3n) is 5.32. The molecule has 1 heterocycles. The maximum atomic E-state index is 12.9. The van der Waals surface area contributed by atoms with Crippen LogP contribution in [0.25, 0.3) is 11.1 Å². The van der Waals surface area contributed by atoms with Crippen LogP contribution >= 0.6 is 0 Å². The molecular weight excluding hydrogens is 354 g/mol. The van der Waals surface area contributed by atoms with Crippen molar-refractivity contribution in [3.8, 4) is 22.6 Å². The van der Waals surface area contributed by atoms with E-state index >= 15 is 0 Å². The lowest BCUT2D eigenvalue weighted by Crippen LogP contribution is -2.38. The molecule has 28 heavy (non-hydrogen) atoms. The molecule has 0 spiro atoms. The molecule has 148 valence electrons. The Labute approximate surface area is 166 Å². The Morgan fingerprint density at radius 3 is 2.14 bits per heavy atom. The number of morpholine rings is 1. The fourth-order valence-electron chi connectivity index (χ4n) is 3.78. The van der Waals surface area contributed by atoms with E-state index in [0.717, 1.165) is 68.3 Å². The third-order valence-corrected chi connectivity index (χ3v) is 5.32. The number of carbonyl (C=O) groups excluding carboxylic acids is 1. The van der Waals surface area contributed by atoms with E-state index in [-0.39, 0.29) is 5.78 Å². The average molecular weight is 381 g/mol. The van der Waals surface area contributed by atoms with Crippen LogP contribution in [0.4, 0.5) is 0 Å². The highest BCUT2D eigenvalue weighted by Crippen LogP contribution is 2.47. The van der Waals surface area contributed by atoms with Gasteiger partial charge < -0.3 is 14.2 Å². The summed E-state index contributed by atoms with van der Waals surface area (Å²) < 4.78 is 17.6. The summed E-state index contributed by atoms with van der Waals surface area (Å²) in [5.41, 5.74) is 3.15. The number of hydrogen-bond donors (Lipinski definition) is 0. The van der Waals surface area contributed by atoms with Crippen molar-refractivity contribution in [2.45, 2.75) is 19.8 Å². The van der Waals surface area contributed by atoms with Crippen LogP contribution in [0.3, 0.4) is 0 Å². The lowest BCUT2D eigenvalue weighted by Gasteiger charge is -2.26. The van der Waals surface area contributed by atoms with Crippen LogP contribution in [0.5, 0.6) is 11.5 Å². The minimum atomic E-state index is 0.0459. The zero-order chi connectivity index (χ0) is 19.3. The Morgan fingerprint density at radius 1 is 0.929 bits per heavy atom. The number of nitrogens with zero attached hydrogens (tertiary/aromatic N) is 1. The number of hydrogen-bond acceptors (Lipinski definition) is 5.